The Labute approximate surface area is 109 Å². The monoisotopic (exact) mass is 302 g/mol. The first-order valence-corrected chi connectivity index (χ1v) is 6.09. The molecule has 1 N–H and O–H groups in total. The van der Waals surface area contributed by atoms with Crippen molar-refractivity contribution in [1.29, 1.82) is 0 Å². The van der Waals surface area contributed by atoms with Gasteiger partial charge in [-0.25, -0.2) is 4.39 Å². The Morgan fingerprint density at radius 3 is 2.71 bits per heavy atom. The lowest BCUT2D eigenvalue weighted by atomic mass is 10.1. The highest BCUT2D eigenvalue weighted by Crippen LogP contribution is 2.23. The molecule has 0 spiro atoms. The van der Waals surface area contributed by atoms with E-state index < -0.39 is 0 Å². The number of hydrogen-bond donors (Lipinski definition) is 1. The van der Waals surface area contributed by atoms with E-state index in [-0.39, 0.29) is 24.3 Å². The summed E-state index contributed by atoms with van der Waals surface area (Å²) in [5.74, 6) is -0.271. The summed E-state index contributed by atoms with van der Waals surface area (Å²) in [5, 5.41) is 3.10. The largest absolute Gasteiger partial charge is 0.348 e. The van der Waals surface area contributed by atoms with Crippen LogP contribution in [0.25, 0.3) is 0 Å². The highest BCUT2D eigenvalue weighted by molar-refractivity contribution is 9.10. The molecule has 0 heterocycles. The van der Waals surface area contributed by atoms with E-state index in [9.17, 15) is 9.18 Å². The number of benzene rings is 1. The highest BCUT2D eigenvalue weighted by atomic mass is 79.9. The number of amides is 1. The third-order valence-electron chi connectivity index (χ3n) is 2.49. The number of carbonyl (C=O) groups excluding carboxylic acids is 1. The Bertz CT molecular complexity index is 409. The third kappa shape index (κ3) is 4.09. The number of nitrogens with one attached hydrogen (secondary N) is 1. The van der Waals surface area contributed by atoms with Crippen LogP contribution >= 0.6 is 15.9 Å². The van der Waals surface area contributed by atoms with Crippen molar-refractivity contribution < 1.29 is 9.18 Å². The molecule has 3 nitrogen and oxygen atoms in total. The van der Waals surface area contributed by atoms with Crippen molar-refractivity contribution in [3.63, 3.8) is 0 Å². The van der Waals surface area contributed by atoms with Gasteiger partial charge in [-0.1, -0.05) is 22.0 Å². The van der Waals surface area contributed by atoms with Crippen molar-refractivity contribution in [2.24, 2.45) is 0 Å². The van der Waals surface area contributed by atoms with Crippen molar-refractivity contribution >= 4 is 21.8 Å². The van der Waals surface area contributed by atoms with Crippen LogP contribution in [-0.4, -0.2) is 31.4 Å². The first-order valence-electron chi connectivity index (χ1n) is 5.30. The Balaban J connectivity index is 2.64. The normalized spacial score (nSPS) is 12.3. The Morgan fingerprint density at radius 2 is 2.18 bits per heavy atom. The Kier molecular flexibility index (Phi) is 5.08. The number of rotatable bonds is 4. The van der Waals surface area contributed by atoms with Gasteiger partial charge in [-0.3, -0.25) is 4.79 Å². The Morgan fingerprint density at radius 1 is 1.53 bits per heavy atom. The van der Waals surface area contributed by atoms with Crippen LogP contribution in [0.15, 0.2) is 22.7 Å². The molecule has 1 rings (SSSR count). The molecular formula is C12H16BrFN2O. The van der Waals surface area contributed by atoms with Crippen molar-refractivity contribution in [3.8, 4) is 0 Å². The van der Waals surface area contributed by atoms with Crippen LogP contribution in [0, 0.1) is 5.82 Å². The maximum atomic E-state index is 12.9. The van der Waals surface area contributed by atoms with E-state index in [2.05, 4.69) is 21.2 Å². The van der Waals surface area contributed by atoms with Crippen LogP contribution in [-0.2, 0) is 4.79 Å². The van der Waals surface area contributed by atoms with E-state index in [1.165, 1.54) is 17.0 Å². The lowest BCUT2D eigenvalue weighted by Crippen LogP contribution is -2.34. The molecule has 0 saturated carbocycles. The summed E-state index contributed by atoms with van der Waals surface area (Å²) in [4.78, 5) is 12.9. The molecule has 1 amide bonds. The Hall–Kier alpha value is -0.940. The van der Waals surface area contributed by atoms with Gasteiger partial charge in [0.2, 0.25) is 5.91 Å². The molecule has 1 aromatic carbocycles. The fourth-order valence-electron chi connectivity index (χ4n) is 1.36. The summed E-state index contributed by atoms with van der Waals surface area (Å²) in [6.07, 6.45) is 0. The minimum atomic E-state index is -0.280. The molecule has 94 valence electrons. The predicted octanol–water partition coefficient (Wildman–Crippen LogP) is 2.33. The van der Waals surface area contributed by atoms with Gasteiger partial charge >= 0.3 is 0 Å². The third-order valence-corrected chi connectivity index (χ3v) is 3.17. The molecule has 0 bridgehead atoms. The van der Waals surface area contributed by atoms with Crippen LogP contribution < -0.4 is 5.32 Å². The smallest absolute Gasteiger partial charge is 0.236 e. The molecule has 0 aromatic heterocycles. The summed E-state index contributed by atoms with van der Waals surface area (Å²) < 4.78 is 13.6. The van der Waals surface area contributed by atoms with Crippen molar-refractivity contribution in [1.82, 2.24) is 10.2 Å². The number of nitrogens with zero attached hydrogens (tertiary/aromatic N) is 1. The van der Waals surface area contributed by atoms with E-state index >= 15 is 0 Å². The SMILES string of the molecule is CC(NCC(=O)N(C)C)c1ccc(F)cc1Br. The minimum absolute atomic E-state index is 0.00934. The zero-order chi connectivity index (χ0) is 13.0. The average Bonchev–Trinajstić information content (AvgIpc) is 2.25. The summed E-state index contributed by atoms with van der Waals surface area (Å²) >= 11 is 3.31. The number of likely N-dealkylation sites (N-methyl/N-ethyl adjacent to an activating group) is 1. The zero-order valence-corrected chi connectivity index (χ0v) is 11.7. The van der Waals surface area contributed by atoms with E-state index in [1.54, 1.807) is 20.2 Å². The van der Waals surface area contributed by atoms with Gasteiger partial charge < -0.3 is 10.2 Å². The molecule has 1 atom stereocenters. The van der Waals surface area contributed by atoms with E-state index in [1.807, 2.05) is 6.92 Å². The zero-order valence-electron chi connectivity index (χ0n) is 10.1. The van der Waals surface area contributed by atoms with Gasteiger partial charge in [0.1, 0.15) is 5.82 Å². The van der Waals surface area contributed by atoms with E-state index in [0.29, 0.717) is 4.47 Å². The van der Waals surface area contributed by atoms with Gasteiger partial charge in [0.25, 0.3) is 0 Å². The van der Waals surface area contributed by atoms with Gasteiger partial charge in [-0.15, -0.1) is 0 Å². The summed E-state index contributed by atoms with van der Waals surface area (Å²) in [7, 11) is 3.42. The summed E-state index contributed by atoms with van der Waals surface area (Å²) in [6.45, 7) is 2.19. The molecule has 1 unspecified atom stereocenters. The van der Waals surface area contributed by atoms with Crippen LogP contribution in [0.3, 0.4) is 0 Å². The maximum Gasteiger partial charge on any atom is 0.236 e. The van der Waals surface area contributed by atoms with Gasteiger partial charge in [-0.2, -0.15) is 0 Å². The summed E-state index contributed by atoms with van der Waals surface area (Å²) in [6, 6.07) is 4.51. The first-order chi connectivity index (χ1) is 7.91. The topological polar surface area (TPSA) is 32.3 Å². The van der Waals surface area contributed by atoms with Crippen molar-refractivity contribution in [2.75, 3.05) is 20.6 Å². The predicted molar refractivity (Wildman–Crippen MR) is 69.2 cm³/mol. The van der Waals surface area contributed by atoms with Crippen LogP contribution in [0.2, 0.25) is 0 Å². The highest BCUT2D eigenvalue weighted by Gasteiger charge is 2.11. The number of halogens is 2. The molecule has 0 aliphatic heterocycles. The van der Waals surface area contributed by atoms with Crippen molar-refractivity contribution in [2.45, 2.75) is 13.0 Å². The molecule has 0 saturated heterocycles. The fraction of sp³-hybridized carbons (Fsp3) is 0.417. The molecule has 0 fully saturated rings. The molecule has 0 aliphatic rings. The first kappa shape index (κ1) is 14.1. The maximum absolute atomic E-state index is 12.9. The minimum Gasteiger partial charge on any atom is -0.348 e. The standard InChI is InChI=1S/C12H16BrFN2O/c1-8(15-7-12(17)16(2)3)10-5-4-9(14)6-11(10)13/h4-6,8,15H,7H2,1-3H3. The van der Waals surface area contributed by atoms with E-state index in [4.69, 9.17) is 0 Å². The molecule has 17 heavy (non-hydrogen) atoms. The van der Waals surface area contributed by atoms with Gasteiger partial charge in [-0.05, 0) is 24.6 Å². The van der Waals surface area contributed by atoms with Crippen molar-refractivity contribution in [3.05, 3.63) is 34.1 Å². The van der Waals surface area contributed by atoms with Gasteiger partial charge in [0, 0.05) is 24.6 Å². The molecule has 0 aliphatic carbocycles. The van der Waals surface area contributed by atoms with E-state index in [0.717, 1.165) is 5.56 Å². The second-order valence-electron chi connectivity index (χ2n) is 4.06. The second kappa shape index (κ2) is 6.12. The molecule has 0 radical (unpaired) electrons. The van der Waals surface area contributed by atoms with Crippen LogP contribution in [0.4, 0.5) is 4.39 Å². The lowest BCUT2D eigenvalue weighted by molar-refractivity contribution is -0.127. The second-order valence-corrected chi connectivity index (χ2v) is 4.91. The van der Waals surface area contributed by atoms with Crippen LogP contribution in [0.5, 0.6) is 0 Å². The molecular weight excluding hydrogens is 287 g/mol. The molecule has 5 heteroatoms. The quantitative estimate of drug-likeness (QED) is 0.926. The molecule has 1 aromatic rings. The lowest BCUT2D eigenvalue weighted by Gasteiger charge is -2.17. The summed E-state index contributed by atoms with van der Waals surface area (Å²) in [5.41, 5.74) is 0.929. The fourth-order valence-corrected chi connectivity index (χ4v) is 2.06. The average molecular weight is 303 g/mol. The van der Waals surface area contributed by atoms with Crippen LogP contribution in [0.1, 0.15) is 18.5 Å². The number of carbonyl (C=O) groups is 1. The number of hydrogen-bond acceptors (Lipinski definition) is 2. The van der Waals surface area contributed by atoms with Gasteiger partial charge in [0.05, 0.1) is 6.54 Å². The van der Waals surface area contributed by atoms with Gasteiger partial charge in [0.15, 0.2) is 0 Å².